The smallest absolute Gasteiger partial charge is 0.439 e. The van der Waals surface area contributed by atoms with Gasteiger partial charge < -0.3 is 61.8 Å². The summed E-state index contributed by atoms with van der Waals surface area (Å²) in [6.45, 7) is 0. The summed E-state index contributed by atoms with van der Waals surface area (Å²) in [5.41, 5.74) is 12.0. The van der Waals surface area contributed by atoms with E-state index in [1.165, 1.54) is 0 Å². The van der Waals surface area contributed by atoms with E-state index in [-0.39, 0.29) is 34.1 Å². The van der Waals surface area contributed by atoms with Crippen molar-refractivity contribution in [3.63, 3.8) is 0 Å². The topological polar surface area (TPSA) is 270 Å². The van der Waals surface area contributed by atoms with Crippen molar-refractivity contribution < 1.29 is 52.4 Å². The Labute approximate surface area is 510 Å². The number of aromatic nitrogens is 10. The Morgan fingerprint density at radius 2 is 1.00 bits per heavy atom. The normalized spacial score (nSPS) is 18.9. The van der Waals surface area contributed by atoms with Gasteiger partial charge in [-0.2, -0.15) is 9.13 Å². The van der Waals surface area contributed by atoms with Crippen LogP contribution in [0, 0.1) is 0 Å². The molecule has 16 bridgehead atoms. The third-order valence-electron chi connectivity index (χ3n) is 15.8. The summed E-state index contributed by atoms with van der Waals surface area (Å²) >= 11 is 0. The molecule has 0 aliphatic carbocycles. The molecule has 24 nitrogen and oxygen atoms in total. The van der Waals surface area contributed by atoms with Gasteiger partial charge in [0.25, 0.3) is 0 Å². The van der Waals surface area contributed by atoms with Gasteiger partial charge in [0.05, 0.1) is 51.2 Å². The zero-order chi connectivity index (χ0) is 55.9. The number of pyridine rings is 8. The van der Waals surface area contributed by atoms with Gasteiger partial charge in [0, 0.05) is 88.6 Å². The van der Waals surface area contributed by atoms with Crippen molar-refractivity contribution in [3.05, 3.63) is 225 Å². The van der Waals surface area contributed by atoms with Crippen LogP contribution in [0.4, 0.5) is 23.3 Å². The summed E-state index contributed by atoms with van der Waals surface area (Å²) in [5, 5.41) is 25.9. The number of aliphatic imine (C=N–C) groups is 8. The number of anilines is 2. The average molecular weight is 1210 g/mol. The second-order valence-corrected chi connectivity index (χ2v) is 20.9. The fourth-order valence-electron chi connectivity index (χ4n) is 12.0. The minimum absolute atomic E-state index is 0. The molecule has 0 fully saturated rings. The van der Waals surface area contributed by atoms with Crippen LogP contribution < -0.4 is 49.5 Å². The number of nitrogens with zero attached hydrogens (tertiary/aromatic N) is 20. The molecule has 4 unspecified atom stereocenters. The molecule has 4 atom stereocenters. The van der Waals surface area contributed by atoms with E-state index < -0.39 is 24.7 Å². The van der Waals surface area contributed by atoms with Crippen LogP contribution in [-0.4, -0.2) is 66.6 Å². The largest absolute Gasteiger partial charge is 2.00 e. The summed E-state index contributed by atoms with van der Waals surface area (Å²) in [4.78, 5) is 68.2. The van der Waals surface area contributed by atoms with E-state index in [2.05, 4.69) is 73.1 Å². The monoisotopic (exact) mass is 1210 g/mol. The minimum atomic E-state index is -0.512. The molecule has 0 radical (unpaired) electrons. The van der Waals surface area contributed by atoms with Crippen molar-refractivity contribution in [2.75, 3.05) is 10.6 Å². The van der Waals surface area contributed by atoms with E-state index in [4.69, 9.17) is 60.5 Å². The van der Waals surface area contributed by atoms with Crippen LogP contribution in [0.5, 0.6) is 0 Å². The Bertz CT molecular complexity index is 4860. The van der Waals surface area contributed by atoms with E-state index in [1.54, 1.807) is 24.8 Å². The van der Waals surface area contributed by atoms with Gasteiger partial charge in [0.15, 0.2) is 30.6 Å². The van der Waals surface area contributed by atoms with Gasteiger partial charge in [-0.3, -0.25) is 29.9 Å². The molecular formula is C60H44Fe2N24+4. The summed E-state index contributed by atoms with van der Waals surface area (Å²) in [5.74, 6) is 6.87. The molecule has 0 saturated carbocycles. The van der Waals surface area contributed by atoms with Gasteiger partial charge in [-0.1, -0.05) is 18.2 Å². The summed E-state index contributed by atoms with van der Waals surface area (Å²) < 4.78 is 8.24. The van der Waals surface area contributed by atoms with Crippen LogP contribution in [0.3, 0.4) is 0 Å². The number of hydrogen-bond donors (Lipinski definition) is 4. The number of nitrogens with one attached hydrogen (secondary N) is 4. The van der Waals surface area contributed by atoms with E-state index in [0.29, 0.717) is 86.9 Å². The van der Waals surface area contributed by atoms with Crippen molar-refractivity contribution in [2.24, 2.45) is 68.1 Å². The molecule has 86 heavy (non-hydrogen) atoms. The zero-order valence-electron chi connectivity index (χ0n) is 45.8. The maximum Gasteiger partial charge on any atom is 2.00 e. The van der Waals surface area contributed by atoms with Crippen LogP contribution in [0.15, 0.2) is 187 Å². The van der Waals surface area contributed by atoms with Crippen molar-refractivity contribution in [2.45, 2.75) is 24.7 Å². The van der Waals surface area contributed by atoms with Crippen molar-refractivity contribution in [1.29, 1.82) is 0 Å². The second kappa shape index (κ2) is 20.1. The van der Waals surface area contributed by atoms with Gasteiger partial charge in [-0.05, 0) is 71.8 Å². The third kappa shape index (κ3) is 8.16. The number of hydrogen-bond acceptors (Lipinski definition) is 16. The molecule has 18 heterocycles. The average Bonchev–Trinajstić information content (AvgIpc) is 1.83. The van der Waals surface area contributed by atoms with Crippen LogP contribution in [-0.2, 0) is 62.3 Å². The molecule has 10 aromatic rings. The molecule has 18 rings (SSSR count). The molecule has 0 amide bonds. The molecule has 26 heteroatoms. The second-order valence-electron chi connectivity index (χ2n) is 20.9. The molecule has 0 spiro atoms. The molecule has 4 N–H and O–H groups in total. The van der Waals surface area contributed by atoms with Gasteiger partial charge in [0.1, 0.15) is 75.7 Å². The standard InChI is InChI=1S/C32H27N12.C28H16N12.2Fe/c1-41-13-5-9-17-21(41)29-33-25(17)38-30-23-19(11-7-15-43(23)3)27(35-30)40-32-24-20(12-8-16-44(24)4)28(36-32)39-31-22-18(26(34-31)37-29)10-6-14-42(22)2;1-5-13-17(29-9-1)25-33-21(13)37-26-18-14(6-2-10-30-18)23(34-26)39-28-20-16(8-4-12-32-20)24(36-28)40-27-19-15(7-3-11-31-19)22(35-27)38-25;;/h5-16,25,31H,1-4H3,(H-2,33,34,35,36,37,38,39,40);1-12,21,27,37H,(H-,33,35,36,38,39,40);;/q+1;-2;2*+2/p+1. The molecule has 0 aromatic carbocycles. The van der Waals surface area contributed by atoms with E-state index in [1.807, 2.05) is 136 Å². The number of aryl methyl sites for hydroxylation is 4. The third-order valence-corrected chi connectivity index (χ3v) is 15.8. The molecule has 10 aromatic heterocycles. The Hall–Kier alpha value is -10.5. The van der Waals surface area contributed by atoms with Crippen LogP contribution >= 0.6 is 0 Å². The fourth-order valence-corrected chi connectivity index (χ4v) is 12.0. The van der Waals surface area contributed by atoms with Crippen molar-refractivity contribution in [1.82, 2.24) is 40.5 Å². The number of fused-ring (bicyclic) bond motifs is 36. The van der Waals surface area contributed by atoms with Crippen LogP contribution in [0.2, 0.25) is 0 Å². The van der Waals surface area contributed by atoms with Gasteiger partial charge in [0.2, 0.25) is 22.6 Å². The summed E-state index contributed by atoms with van der Waals surface area (Å²) in [7, 11) is 8.06. The van der Waals surface area contributed by atoms with Gasteiger partial charge in [-0.15, -0.1) is 0 Å². The quantitative estimate of drug-likeness (QED) is 0.119. The first kappa shape index (κ1) is 52.3. The minimum Gasteiger partial charge on any atom is -0.439 e. The Balaban J connectivity index is 0.000000143. The van der Waals surface area contributed by atoms with Crippen LogP contribution in [0.25, 0.3) is 32.4 Å². The van der Waals surface area contributed by atoms with Crippen molar-refractivity contribution >= 4 is 91.8 Å². The predicted molar refractivity (Wildman–Crippen MR) is 312 cm³/mol. The Morgan fingerprint density at radius 1 is 0.430 bits per heavy atom. The van der Waals surface area contributed by atoms with Crippen molar-refractivity contribution in [3.8, 4) is 0 Å². The summed E-state index contributed by atoms with van der Waals surface area (Å²) in [6, 6.07) is 31.6. The van der Waals surface area contributed by atoms with E-state index in [0.717, 1.165) is 72.4 Å². The summed E-state index contributed by atoms with van der Waals surface area (Å²) in [6.07, 6.45) is 13.2. The van der Waals surface area contributed by atoms with Gasteiger partial charge in [-0.25, -0.2) is 19.1 Å². The van der Waals surface area contributed by atoms with Crippen LogP contribution in [0.1, 0.15) is 92.2 Å². The number of rotatable bonds is 0. The van der Waals surface area contributed by atoms with Gasteiger partial charge >= 0.3 is 34.1 Å². The first-order valence-corrected chi connectivity index (χ1v) is 27.1. The SMILES string of the molecule is C[n+]1cccc2c1C1=Nc3[n-]c(c4c3ccc[n+]4C)NC3N=C(N=C4[N-]C(NC2=N1)c1c4ccc[n+]1C)c1c3ccc[n+]1C.[Fe+2].[Fe+2].c1cnc2c(c1)C1=NC2=Nc2[n-]c(c3ncccc23)NC2N=C(N=C3[N-]C(N1)c1ncccc13)c1ncccc12. The van der Waals surface area contributed by atoms with E-state index >= 15 is 0 Å². The Kier molecular flexibility index (Phi) is 12.2. The fraction of sp³-hybridized carbons (Fsp3) is 0.133. The zero-order valence-corrected chi connectivity index (χ0v) is 48.0. The first-order chi connectivity index (χ1) is 41.2. The first-order valence-electron chi connectivity index (χ1n) is 27.1. The molecule has 8 aliphatic rings. The molecule has 416 valence electrons. The predicted octanol–water partition coefficient (Wildman–Crippen LogP) is 4.76. The molecular weight excluding hydrogens is 1170 g/mol. The molecule has 8 aliphatic heterocycles. The molecule has 0 saturated heterocycles. The number of amidine groups is 8. The van der Waals surface area contributed by atoms with E-state index in [9.17, 15) is 0 Å². The Morgan fingerprint density at radius 3 is 1.88 bits per heavy atom. The maximum atomic E-state index is 5.12. The maximum absolute atomic E-state index is 5.12.